The largest absolute Gasteiger partial charge is 0.508 e. The average molecular weight is 731 g/mol. The molecule has 8 atom stereocenters. The van der Waals surface area contributed by atoms with E-state index in [9.17, 15) is 54.3 Å². The van der Waals surface area contributed by atoms with Gasteiger partial charge in [-0.1, -0.05) is 56.3 Å². The summed E-state index contributed by atoms with van der Waals surface area (Å²) in [7, 11) is 0. The van der Waals surface area contributed by atoms with Crippen LogP contribution in [0.15, 0.2) is 54.6 Å². The maximum absolute atomic E-state index is 13.6. The molecule has 1 heterocycles. The maximum Gasteiger partial charge on any atom is 0.335 e. The number of aliphatic hydroxyl groups excluding tert-OH is 3. The van der Waals surface area contributed by atoms with Crippen LogP contribution >= 0.6 is 0 Å². The van der Waals surface area contributed by atoms with Gasteiger partial charge >= 0.3 is 5.97 Å². The van der Waals surface area contributed by atoms with Crippen LogP contribution in [0.4, 0.5) is 0 Å². The van der Waals surface area contributed by atoms with Crippen molar-refractivity contribution in [2.75, 3.05) is 13.1 Å². The molecule has 5 amide bonds. The standard InChI is InChI=1S/C34H46N6O12/c1-17(2)12-22(32(49)40-33-28(46)26(44)27(45)29(52-33)34(50)51)39-31(48)23(14-18-6-4-3-5-7-18)38-25(43)16-36-24(42)15-37-30(47)21(35)13-19-8-10-20(41)11-9-19/h3-11,17,21-23,26-29,33,41,44-46H,12-16,35H2,1-2H3,(H,36,42)(H,37,47)(H,38,43)(H,39,48)(H,40,49)(H,50,51)/t21-,22-,23-,26-,27-,28+,29-,33+/m0/s1. The molecule has 0 saturated carbocycles. The fourth-order valence-corrected chi connectivity index (χ4v) is 5.24. The van der Waals surface area contributed by atoms with Crippen molar-refractivity contribution >= 4 is 35.5 Å². The number of aliphatic carboxylic acids is 1. The van der Waals surface area contributed by atoms with Gasteiger partial charge in [0, 0.05) is 6.42 Å². The zero-order valence-electron chi connectivity index (χ0n) is 28.6. The normalized spacial score (nSPS) is 21.6. The van der Waals surface area contributed by atoms with Crippen molar-refractivity contribution in [1.29, 1.82) is 0 Å². The molecule has 12 N–H and O–H groups in total. The number of carbonyl (C=O) groups excluding carboxylic acids is 5. The molecule has 3 rings (SSSR count). The highest BCUT2D eigenvalue weighted by atomic mass is 16.6. The van der Waals surface area contributed by atoms with Crippen LogP contribution in [0.2, 0.25) is 0 Å². The molecular weight excluding hydrogens is 684 g/mol. The van der Waals surface area contributed by atoms with E-state index in [0.717, 1.165) is 0 Å². The highest BCUT2D eigenvalue weighted by Gasteiger charge is 2.48. The summed E-state index contributed by atoms with van der Waals surface area (Å²) in [6.07, 6.45) is -9.36. The Hall–Kier alpha value is -5.14. The number of rotatable bonds is 17. The third kappa shape index (κ3) is 12.6. The van der Waals surface area contributed by atoms with Gasteiger partial charge in [0.05, 0.1) is 19.1 Å². The lowest BCUT2D eigenvalue weighted by atomic mass is 9.97. The molecule has 0 radical (unpaired) electrons. The number of ether oxygens (including phenoxy) is 1. The summed E-state index contributed by atoms with van der Waals surface area (Å²) in [6, 6.07) is 11.2. The molecular formula is C34H46N6O12. The van der Waals surface area contributed by atoms with Crippen molar-refractivity contribution in [1.82, 2.24) is 26.6 Å². The molecule has 18 nitrogen and oxygen atoms in total. The zero-order chi connectivity index (χ0) is 38.5. The Kier molecular flexibility index (Phi) is 15.5. The minimum atomic E-state index is -1.97. The van der Waals surface area contributed by atoms with E-state index >= 15 is 0 Å². The smallest absolute Gasteiger partial charge is 0.335 e. The number of amides is 5. The number of carboxylic acid groups (broad SMARTS) is 1. The molecule has 0 aromatic heterocycles. The summed E-state index contributed by atoms with van der Waals surface area (Å²) in [5, 5.41) is 61.3. The summed E-state index contributed by atoms with van der Waals surface area (Å²) in [5.74, 6) is -5.55. The van der Waals surface area contributed by atoms with Crippen LogP contribution in [0.25, 0.3) is 0 Å². The Morgan fingerprint density at radius 2 is 1.35 bits per heavy atom. The Labute approximate surface area is 299 Å². The molecule has 0 unspecified atom stereocenters. The van der Waals surface area contributed by atoms with E-state index in [1.54, 1.807) is 56.3 Å². The quantitative estimate of drug-likeness (QED) is 0.0764. The molecule has 18 heteroatoms. The first kappa shape index (κ1) is 41.3. The molecule has 2 aromatic carbocycles. The van der Waals surface area contributed by atoms with Gasteiger partial charge in [-0.05, 0) is 42.0 Å². The predicted octanol–water partition coefficient (Wildman–Crippen LogP) is -3.24. The Balaban J connectivity index is 1.61. The third-order valence-corrected chi connectivity index (χ3v) is 8.01. The van der Waals surface area contributed by atoms with Crippen LogP contribution in [0.5, 0.6) is 5.75 Å². The second-order valence-electron chi connectivity index (χ2n) is 12.8. The van der Waals surface area contributed by atoms with Crippen LogP contribution in [-0.4, -0.2) is 123 Å². The molecule has 0 bridgehead atoms. The number of carbonyl (C=O) groups is 6. The van der Waals surface area contributed by atoms with Gasteiger partial charge in [0.15, 0.2) is 12.3 Å². The van der Waals surface area contributed by atoms with Crippen molar-refractivity contribution < 1.29 is 59.0 Å². The second-order valence-corrected chi connectivity index (χ2v) is 12.8. The number of benzene rings is 2. The Bertz CT molecular complexity index is 1540. The fraction of sp³-hybridized carbons (Fsp3) is 0.471. The van der Waals surface area contributed by atoms with Crippen LogP contribution < -0.4 is 32.3 Å². The maximum atomic E-state index is 13.6. The lowest BCUT2D eigenvalue weighted by Gasteiger charge is -2.39. The van der Waals surface area contributed by atoms with E-state index in [1.807, 2.05) is 0 Å². The predicted molar refractivity (Wildman–Crippen MR) is 182 cm³/mol. The first-order valence-corrected chi connectivity index (χ1v) is 16.5. The minimum absolute atomic E-state index is 0.0216. The Morgan fingerprint density at radius 3 is 1.96 bits per heavy atom. The highest BCUT2D eigenvalue weighted by molar-refractivity contribution is 5.94. The van der Waals surface area contributed by atoms with Crippen molar-refractivity contribution in [3.05, 3.63) is 65.7 Å². The average Bonchev–Trinajstić information content (AvgIpc) is 3.10. The minimum Gasteiger partial charge on any atom is -0.508 e. The monoisotopic (exact) mass is 730 g/mol. The lowest BCUT2D eigenvalue weighted by molar-refractivity contribution is -0.233. The number of phenols is 1. The molecule has 1 saturated heterocycles. The number of nitrogens with two attached hydrogens (primary N) is 1. The number of hydrogen-bond acceptors (Lipinski definition) is 12. The zero-order valence-corrected chi connectivity index (χ0v) is 28.6. The van der Waals surface area contributed by atoms with Crippen LogP contribution in [-0.2, 0) is 46.3 Å². The summed E-state index contributed by atoms with van der Waals surface area (Å²) in [6.45, 7) is 2.46. The molecule has 284 valence electrons. The van der Waals surface area contributed by atoms with E-state index in [2.05, 4.69) is 26.6 Å². The fourth-order valence-electron chi connectivity index (χ4n) is 5.24. The lowest BCUT2D eigenvalue weighted by Crippen LogP contribution is -2.65. The van der Waals surface area contributed by atoms with E-state index in [4.69, 9.17) is 10.5 Å². The SMILES string of the molecule is CC(C)C[C@H](NC(=O)[C@H](Cc1ccccc1)NC(=O)CNC(=O)CNC(=O)[C@@H](N)Cc1ccc(O)cc1)C(=O)N[C@@H]1O[C@H](C(=O)O)[C@@H](O)[C@H](O)[C@H]1O. The van der Waals surface area contributed by atoms with E-state index in [0.29, 0.717) is 11.1 Å². The van der Waals surface area contributed by atoms with Crippen LogP contribution in [0, 0.1) is 5.92 Å². The van der Waals surface area contributed by atoms with Crippen molar-refractivity contribution in [3.8, 4) is 5.75 Å². The highest BCUT2D eigenvalue weighted by Crippen LogP contribution is 2.21. The third-order valence-electron chi connectivity index (χ3n) is 8.01. The first-order chi connectivity index (χ1) is 24.5. The van der Waals surface area contributed by atoms with Gasteiger partial charge in [-0.15, -0.1) is 0 Å². The number of nitrogens with one attached hydrogen (secondary N) is 5. The van der Waals surface area contributed by atoms with E-state index < -0.39 is 97.4 Å². The molecule has 1 fully saturated rings. The van der Waals surface area contributed by atoms with Gasteiger partial charge < -0.3 is 62.6 Å². The van der Waals surface area contributed by atoms with Gasteiger partial charge in [0.2, 0.25) is 29.5 Å². The number of carboxylic acids is 1. The molecule has 1 aliphatic rings. The summed E-state index contributed by atoms with van der Waals surface area (Å²) in [5.41, 5.74) is 7.25. The second kappa shape index (κ2) is 19.5. The molecule has 2 aromatic rings. The molecule has 0 aliphatic carbocycles. The van der Waals surface area contributed by atoms with Crippen molar-refractivity contribution in [2.24, 2.45) is 11.7 Å². The van der Waals surface area contributed by atoms with Gasteiger partial charge in [-0.25, -0.2) is 4.79 Å². The van der Waals surface area contributed by atoms with E-state index in [1.165, 1.54) is 12.1 Å². The number of hydrogen-bond donors (Lipinski definition) is 11. The van der Waals surface area contributed by atoms with Gasteiger partial charge in [0.1, 0.15) is 36.1 Å². The van der Waals surface area contributed by atoms with Crippen molar-refractivity contribution in [3.63, 3.8) is 0 Å². The Morgan fingerprint density at radius 1 is 0.731 bits per heavy atom. The van der Waals surface area contributed by atoms with Gasteiger partial charge in [-0.3, -0.25) is 24.0 Å². The number of phenolic OH excluding ortho intramolecular Hbond substituents is 1. The van der Waals surface area contributed by atoms with E-state index in [-0.39, 0.29) is 30.9 Å². The van der Waals surface area contributed by atoms with Crippen LogP contribution in [0.3, 0.4) is 0 Å². The molecule has 1 aliphatic heterocycles. The number of aromatic hydroxyl groups is 1. The van der Waals surface area contributed by atoms with Gasteiger partial charge in [-0.2, -0.15) is 0 Å². The number of aliphatic hydroxyl groups is 3. The first-order valence-electron chi connectivity index (χ1n) is 16.5. The molecule has 52 heavy (non-hydrogen) atoms. The topological polar surface area (TPSA) is 299 Å². The van der Waals surface area contributed by atoms with Crippen LogP contribution in [0.1, 0.15) is 31.4 Å². The summed E-state index contributed by atoms with van der Waals surface area (Å²) in [4.78, 5) is 76.1. The van der Waals surface area contributed by atoms with Gasteiger partial charge in [0.25, 0.3) is 0 Å². The summed E-state index contributed by atoms with van der Waals surface area (Å²) >= 11 is 0. The molecule has 0 spiro atoms. The summed E-state index contributed by atoms with van der Waals surface area (Å²) < 4.78 is 5.14. The van der Waals surface area contributed by atoms with Crippen molar-refractivity contribution in [2.45, 2.75) is 81.9 Å².